The Balaban J connectivity index is 2.55. The van der Waals surface area contributed by atoms with Crippen LogP contribution in [0.1, 0.15) is 16.8 Å². The van der Waals surface area contributed by atoms with Gasteiger partial charge in [-0.25, -0.2) is 4.39 Å². The first-order chi connectivity index (χ1) is 6.16. The predicted octanol–water partition coefficient (Wildman–Crippen LogP) is 1.32. The molecule has 0 saturated heterocycles. The third-order valence-electron chi connectivity index (χ3n) is 1.77. The van der Waals surface area contributed by atoms with Gasteiger partial charge in [0.2, 0.25) is 0 Å². The molecule has 1 aliphatic rings. The number of carbonyl (C=O) groups excluding carboxylic acids is 2. The highest BCUT2D eigenvalue weighted by atomic mass is 19.1. The lowest BCUT2D eigenvalue weighted by molar-refractivity contribution is -0.133. The zero-order valence-corrected chi connectivity index (χ0v) is 6.54. The molecule has 0 radical (unpaired) electrons. The maximum Gasteiger partial charge on any atom is 0.319 e. The first-order valence-electron chi connectivity index (χ1n) is 3.70. The Morgan fingerprint density at radius 2 is 2.08 bits per heavy atom. The standard InChI is InChI=1S/C9H5FO3/c10-5-1-2-8-6(3-5)7(11)4-9(12)13-8/h1-3H,4H2. The van der Waals surface area contributed by atoms with Crippen LogP contribution in [0.15, 0.2) is 18.2 Å². The third-order valence-corrected chi connectivity index (χ3v) is 1.77. The normalized spacial score (nSPS) is 15.2. The molecular weight excluding hydrogens is 175 g/mol. The molecule has 1 aliphatic heterocycles. The number of ether oxygens (including phenoxy) is 1. The van der Waals surface area contributed by atoms with Crippen LogP contribution in [0.5, 0.6) is 5.75 Å². The van der Waals surface area contributed by atoms with Crippen LogP contribution in [-0.4, -0.2) is 11.8 Å². The molecule has 0 saturated carbocycles. The number of esters is 1. The summed E-state index contributed by atoms with van der Waals surface area (Å²) in [4.78, 5) is 22.0. The van der Waals surface area contributed by atoms with Crippen molar-refractivity contribution >= 4 is 11.8 Å². The van der Waals surface area contributed by atoms with Crippen LogP contribution in [0.2, 0.25) is 0 Å². The summed E-state index contributed by atoms with van der Waals surface area (Å²) in [6.07, 6.45) is -0.309. The molecule has 0 atom stereocenters. The van der Waals surface area contributed by atoms with Gasteiger partial charge >= 0.3 is 5.97 Å². The second-order valence-corrected chi connectivity index (χ2v) is 2.71. The average molecular weight is 180 g/mol. The fraction of sp³-hybridized carbons (Fsp3) is 0.111. The van der Waals surface area contributed by atoms with Crippen LogP contribution in [-0.2, 0) is 4.79 Å². The Bertz CT molecular complexity index is 398. The van der Waals surface area contributed by atoms with Crippen molar-refractivity contribution in [1.82, 2.24) is 0 Å². The van der Waals surface area contributed by atoms with Gasteiger partial charge in [0, 0.05) is 0 Å². The molecule has 0 fully saturated rings. The van der Waals surface area contributed by atoms with Gasteiger partial charge in [0.15, 0.2) is 5.78 Å². The molecule has 13 heavy (non-hydrogen) atoms. The molecule has 1 aromatic carbocycles. The van der Waals surface area contributed by atoms with Crippen LogP contribution in [0.4, 0.5) is 4.39 Å². The number of rotatable bonds is 0. The summed E-state index contributed by atoms with van der Waals surface area (Å²) in [6, 6.07) is 3.49. The topological polar surface area (TPSA) is 43.4 Å². The maximum absolute atomic E-state index is 12.7. The van der Waals surface area contributed by atoms with Gasteiger partial charge in [-0.3, -0.25) is 9.59 Å². The molecule has 4 heteroatoms. The van der Waals surface area contributed by atoms with Crippen LogP contribution >= 0.6 is 0 Å². The molecule has 3 nitrogen and oxygen atoms in total. The van der Waals surface area contributed by atoms with Crippen molar-refractivity contribution in [2.45, 2.75) is 6.42 Å². The number of hydrogen-bond acceptors (Lipinski definition) is 3. The largest absolute Gasteiger partial charge is 0.425 e. The molecule has 0 aromatic heterocycles. The molecule has 2 rings (SSSR count). The van der Waals surface area contributed by atoms with Gasteiger partial charge in [-0.05, 0) is 18.2 Å². The lowest BCUT2D eigenvalue weighted by Crippen LogP contribution is -2.21. The van der Waals surface area contributed by atoms with E-state index >= 15 is 0 Å². The fourth-order valence-corrected chi connectivity index (χ4v) is 1.19. The van der Waals surface area contributed by atoms with Gasteiger partial charge in [0.1, 0.15) is 18.0 Å². The Hall–Kier alpha value is -1.71. The Labute approximate surface area is 73.1 Å². The Kier molecular flexibility index (Phi) is 1.62. The minimum absolute atomic E-state index is 0.139. The number of hydrogen-bond donors (Lipinski definition) is 0. The summed E-state index contributed by atoms with van der Waals surface area (Å²) in [7, 11) is 0. The monoisotopic (exact) mass is 180 g/mol. The van der Waals surface area contributed by atoms with Gasteiger partial charge in [-0.15, -0.1) is 0 Å². The predicted molar refractivity (Wildman–Crippen MR) is 41.0 cm³/mol. The fourth-order valence-electron chi connectivity index (χ4n) is 1.19. The van der Waals surface area contributed by atoms with Gasteiger partial charge in [-0.1, -0.05) is 0 Å². The molecule has 0 aliphatic carbocycles. The lowest BCUT2D eigenvalue weighted by atomic mass is 10.0. The zero-order valence-electron chi connectivity index (χ0n) is 6.54. The minimum Gasteiger partial charge on any atom is -0.425 e. The minimum atomic E-state index is -0.593. The van der Waals surface area contributed by atoms with Crippen molar-refractivity contribution in [3.05, 3.63) is 29.6 Å². The first-order valence-corrected chi connectivity index (χ1v) is 3.70. The number of carbonyl (C=O) groups is 2. The van der Waals surface area contributed by atoms with Crippen molar-refractivity contribution in [3.8, 4) is 5.75 Å². The Morgan fingerprint density at radius 1 is 1.31 bits per heavy atom. The highest BCUT2D eigenvalue weighted by Crippen LogP contribution is 2.25. The first kappa shape index (κ1) is 7.91. The van der Waals surface area contributed by atoms with E-state index in [-0.39, 0.29) is 17.7 Å². The lowest BCUT2D eigenvalue weighted by Gasteiger charge is -2.13. The zero-order chi connectivity index (χ0) is 9.42. The van der Waals surface area contributed by atoms with Crippen LogP contribution in [0.25, 0.3) is 0 Å². The van der Waals surface area contributed by atoms with Gasteiger partial charge < -0.3 is 4.74 Å². The second-order valence-electron chi connectivity index (χ2n) is 2.71. The van der Waals surface area contributed by atoms with E-state index in [2.05, 4.69) is 0 Å². The number of fused-ring (bicyclic) bond motifs is 1. The van der Waals surface area contributed by atoms with E-state index < -0.39 is 17.6 Å². The molecule has 0 unspecified atom stereocenters. The molecular formula is C9H5FO3. The number of benzene rings is 1. The van der Waals surface area contributed by atoms with Crippen LogP contribution in [0, 0.1) is 5.82 Å². The molecule has 0 bridgehead atoms. The van der Waals surface area contributed by atoms with Crippen LogP contribution < -0.4 is 4.74 Å². The molecule has 0 N–H and O–H groups in total. The summed E-state index contributed by atoms with van der Waals surface area (Å²) >= 11 is 0. The number of halogens is 1. The maximum atomic E-state index is 12.7. The summed E-state index contributed by atoms with van der Waals surface area (Å²) in [5, 5.41) is 0. The highest BCUT2D eigenvalue weighted by Gasteiger charge is 2.24. The van der Waals surface area contributed by atoms with E-state index in [4.69, 9.17) is 4.74 Å². The van der Waals surface area contributed by atoms with E-state index in [1.807, 2.05) is 0 Å². The van der Waals surface area contributed by atoms with E-state index in [0.29, 0.717) is 0 Å². The van der Waals surface area contributed by atoms with Crippen molar-refractivity contribution in [2.24, 2.45) is 0 Å². The van der Waals surface area contributed by atoms with E-state index in [9.17, 15) is 14.0 Å². The van der Waals surface area contributed by atoms with Gasteiger partial charge in [0.25, 0.3) is 0 Å². The van der Waals surface area contributed by atoms with Gasteiger partial charge in [-0.2, -0.15) is 0 Å². The summed E-state index contributed by atoms with van der Waals surface area (Å²) in [5.41, 5.74) is 0.139. The molecule has 0 spiro atoms. The van der Waals surface area contributed by atoms with Crippen molar-refractivity contribution in [1.29, 1.82) is 0 Å². The van der Waals surface area contributed by atoms with Crippen LogP contribution in [0.3, 0.4) is 0 Å². The Morgan fingerprint density at radius 3 is 2.85 bits per heavy atom. The number of ketones is 1. The number of Topliss-reactive ketones (excluding diaryl/α,β-unsaturated/α-hetero) is 1. The SMILES string of the molecule is O=C1CC(=O)c2cc(F)ccc2O1. The quantitative estimate of drug-likeness (QED) is 0.343. The smallest absolute Gasteiger partial charge is 0.319 e. The molecule has 66 valence electrons. The second kappa shape index (κ2) is 2.65. The van der Waals surface area contributed by atoms with Crippen molar-refractivity contribution in [3.63, 3.8) is 0 Å². The summed E-state index contributed by atoms with van der Waals surface area (Å²) < 4.78 is 17.4. The van der Waals surface area contributed by atoms with E-state index in [1.54, 1.807) is 0 Å². The van der Waals surface area contributed by atoms with Gasteiger partial charge in [0.05, 0.1) is 5.56 Å². The van der Waals surface area contributed by atoms with E-state index in [0.717, 1.165) is 12.1 Å². The summed E-state index contributed by atoms with van der Waals surface area (Å²) in [5.74, 6) is -1.36. The molecule has 1 heterocycles. The molecule has 0 amide bonds. The van der Waals surface area contributed by atoms with Crippen molar-refractivity contribution < 1.29 is 18.7 Å². The summed E-state index contributed by atoms with van der Waals surface area (Å²) in [6.45, 7) is 0. The van der Waals surface area contributed by atoms with Crippen molar-refractivity contribution in [2.75, 3.05) is 0 Å². The third kappa shape index (κ3) is 1.30. The molecule has 1 aromatic rings. The average Bonchev–Trinajstić information content (AvgIpc) is 2.06. The van der Waals surface area contributed by atoms with E-state index in [1.165, 1.54) is 6.07 Å². The highest BCUT2D eigenvalue weighted by molar-refractivity contribution is 6.10.